The summed E-state index contributed by atoms with van der Waals surface area (Å²) in [5, 5.41) is 0. The summed E-state index contributed by atoms with van der Waals surface area (Å²) in [5.41, 5.74) is 0. The first-order valence-corrected chi connectivity index (χ1v) is 6.09. The molecule has 0 amide bonds. The van der Waals surface area contributed by atoms with Crippen molar-refractivity contribution >= 4 is 18.6 Å². The van der Waals surface area contributed by atoms with E-state index in [-0.39, 0.29) is 0 Å². The van der Waals surface area contributed by atoms with Crippen LogP contribution in [0.3, 0.4) is 0 Å². The summed E-state index contributed by atoms with van der Waals surface area (Å²) in [6, 6.07) is 4.16. The number of aromatic nitrogens is 1. The molecule has 0 fully saturated rings. The minimum absolute atomic E-state index is 0.591. The smallest absolute Gasteiger partial charge is 0.266 e. The Morgan fingerprint density at radius 1 is 1.44 bits per heavy atom. The topological polar surface area (TPSA) is 12.9 Å². The molecule has 0 saturated heterocycles. The van der Waals surface area contributed by atoms with Gasteiger partial charge in [0.25, 0.3) is 0 Å². The fraction of sp³-hybridized carbons (Fsp3) is 0.286. The molecule has 0 aliphatic heterocycles. The molecule has 1 aromatic heterocycles. The zero-order chi connectivity index (χ0) is 6.69. The fourth-order valence-corrected chi connectivity index (χ4v) is 1.60. The summed E-state index contributed by atoms with van der Waals surface area (Å²) in [4.78, 5) is 4.04. The number of hydrogen-bond donors (Lipinski definition) is 0. The van der Waals surface area contributed by atoms with E-state index < -0.39 is 14.1 Å². The molecule has 1 rings (SSSR count). The Kier molecular flexibility index (Phi) is 2.27. The lowest BCUT2D eigenvalue weighted by Gasteiger charge is -1.95. The van der Waals surface area contributed by atoms with E-state index in [4.69, 9.17) is 0 Å². The Bertz CT molecular complexity index is 172. The van der Waals surface area contributed by atoms with Crippen LogP contribution in [-0.2, 0) is 0 Å². The number of hydrogen-bond acceptors (Lipinski definition) is 1. The second-order valence-corrected chi connectivity index (χ2v) is 5.42. The van der Waals surface area contributed by atoms with Crippen molar-refractivity contribution in [1.29, 1.82) is 0 Å². The summed E-state index contributed by atoms with van der Waals surface area (Å²) in [7, 11) is 0. The van der Waals surface area contributed by atoms with Crippen LogP contribution in [0.2, 0.25) is 11.6 Å². The van der Waals surface area contributed by atoms with Gasteiger partial charge in [0.15, 0.2) is 0 Å². The monoisotopic (exact) mass is 135 g/mol. The lowest BCUT2D eigenvalue weighted by atomic mass is 10.5. The van der Waals surface area contributed by atoms with Crippen LogP contribution in [0.25, 0.3) is 0 Å². The summed E-state index contributed by atoms with van der Waals surface area (Å²) >= 11 is -0.591. The minimum atomic E-state index is -0.591. The molecule has 0 aliphatic rings. The van der Waals surface area contributed by atoms with Crippen molar-refractivity contribution in [3.05, 3.63) is 24.5 Å². The fourth-order valence-electron chi connectivity index (χ4n) is 0.717. The van der Waals surface area contributed by atoms with E-state index in [1.54, 1.807) is 0 Å². The minimum Gasteiger partial charge on any atom is -0.266 e. The van der Waals surface area contributed by atoms with Crippen LogP contribution in [0, 0.1) is 0 Å². The van der Waals surface area contributed by atoms with Gasteiger partial charge in [0, 0.05) is 12.4 Å². The highest BCUT2D eigenvalue weighted by Crippen LogP contribution is 1.82. The van der Waals surface area contributed by atoms with E-state index in [0.717, 1.165) is 0 Å². The molecule has 0 saturated carbocycles. The van der Waals surface area contributed by atoms with Crippen molar-refractivity contribution in [2.45, 2.75) is 11.6 Å². The van der Waals surface area contributed by atoms with E-state index >= 15 is 0 Å². The highest BCUT2D eigenvalue weighted by molar-refractivity contribution is 6.70. The molecule has 2 heteroatoms. The lowest BCUT2D eigenvalue weighted by molar-refractivity contribution is 1.35. The van der Waals surface area contributed by atoms with Gasteiger partial charge in [0.1, 0.15) is 0 Å². The van der Waals surface area contributed by atoms with Gasteiger partial charge in [0.2, 0.25) is 0 Å². The van der Waals surface area contributed by atoms with Crippen LogP contribution in [0.5, 0.6) is 0 Å². The van der Waals surface area contributed by atoms with Gasteiger partial charge in [-0.05, 0) is 6.07 Å². The number of nitrogens with zero attached hydrogens (tertiary/aromatic N) is 1. The first kappa shape index (κ1) is 6.80. The van der Waals surface area contributed by atoms with Crippen LogP contribution in [0.4, 0.5) is 0 Å². The quantitative estimate of drug-likeness (QED) is 0.524. The highest BCUT2D eigenvalue weighted by atomic mass is 27.2. The van der Waals surface area contributed by atoms with Gasteiger partial charge in [-0.15, -0.1) is 11.6 Å². The van der Waals surface area contributed by atoms with Crippen molar-refractivity contribution in [3.8, 4) is 0 Å². The number of rotatable bonds is 1. The first-order chi connectivity index (χ1) is 4.30. The van der Waals surface area contributed by atoms with Crippen molar-refractivity contribution in [3.63, 3.8) is 0 Å². The van der Waals surface area contributed by atoms with Gasteiger partial charge in [-0.25, -0.2) is 0 Å². The van der Waals surface area contributed by atoms with E-state index in [1.165, 1.54) is 4.43 Å². The van der Waals surface area contributed by atoms with Crippen LogP contribution >= 0.6 is 0 Å². The second kappa shape index (κ2) is 3.01. The molecule has 0 spiro atoms. The van der Waals surface area contributed by atoms with Gasteiger partial charge in [-0.3, -0.25) is 4.98 Å². The molecular weight excluding hydrogens is 125 g/mol. The molecule has 0 aromatic carbocycles. The largest absolute Gasteiger partial charge is 0.301 e. The molecule has 0 N–H and O–H groups in total. The van der Waals surface area contributed by atoms with Crippen molar-refractivity contribution < 1.29 is 0 Å². The van der Waals surface area contributed by atoms with Crippen LogP contribution in [0.15, 0.2) is 24.5 Å². The molecule has 1 aromatic rings. The maximum Gasteiger partial charge on any atom is 0.301 e. The third kappa shape index (κ3) is 1.82. The van der Waals surface area contributed by atoms with Crippen LogP contribution in [-0.4, -0.2) is 19.1 Å². The maximum atomic E-state index is 4.04. The van der Waals surface area contributed by atoms with Gasteiger partial charge in [0.05, 0.1) is 0 Å². The third-order valence-corrected chi connectivity index (χ3v) is 3.03. The molecule has 0 bridgehead atoms. The number of pyridine rings is 1. The zero-order valence-electron chi connectivity index (χ0n) is 5.83. The Balaban J connectivity index is 2.85. The molecule has 46 valence electrons. The molecule has 0 unspecified atom stereocenters. The van der Waals surface area contributed by atoms with E-state index in [1.807, 2.05) is 18.5 Å². The van der Waals surface area contributed by atoms with Gasteiger partial charge < -0.3 is 0 Å². The third-order valence-electron chi connectivity index (χ3n) is 1.35. The Hall–Kier alpha value is -0.318. The average molecular weight is 135 g/mol. The van der Waals surface area contributed by atoms with E-state index in [2.05, 4.69) is 22.6 Å². The summed E-state index contributed by atoms with van der Waals surface area (Å²) in [6.45, 7) is 0. The Morgan fingerprint density at radius 2 is 2.22 bits per heavy atom. The predicted octanol–water partition coefficient (Wildman–Crippen LogP) is 1.04. The molecule has 0 radical (unpaired) electrons. The molecular formula is C7H10AlN. The molecule has 1 heterocycles. The summed E-state index contributed by atoms with van der Waals surface area (Å²) < 4.78 is 1.44. The molecule has 0 aliphatic carbocycles. The molecule has 0 atom stereocenters. The SMILES string of the molecule is [CH3][Al]([CH3])[c]1cccnc1. The second-order valence-electron chi connectivity index (χ2n) is 2.44. The van der Waals surface area contributed by atoms with Crippen LogP contribution < -0.4 is 4.43 Å². The standard InChI is InChI=1S/C5H4N.2CH3.Al/c1-2-4-6-5-3-1;;;/h1-2,4-5H;2*1H3;. The maximum absolute atomic E-state index is 4.04. The Labute approximate surface area is 60.1 Å². The van der Waals surface area contributed by atoms with E-state index in [0.29, 0.717) is 0 Å². The molecule has 9 heavy (non-hydrogen) atoms. The van der Waals surface area contributed by atoms with Gasteiger partial charge in [-0.1, -0.05) is 10.5 Å². The van der Waals surface area contributed by atoms with Gasteiger partial charge in [-0.2, -0.15) is 0 Å². The highest BCUT2D eigenvalue weighted by Gasteiger charge is 2.03. The van der Waals surface area contributed by atoms with Gasteiger partial charge >= 0.3 is 14.1 Å². The van der Waals surface area contributed by atoms with Crippen molar-refractivity contribution in [2.24, 2.45) is 0 Å². The average Bonchev–Trinajstić information content (AvgIpc) is 1.90. The van der Waals surface area contributed by atoms with Crippen molar-refractivity contribution in [1.82, 2.24) is 4.98 Å². The van der Waals surface area contributed by atoms with Crippen LogP contribution in [0.1, 0.15) is 0 Å². The zero-order valence-corrected chi connectivity index (χ0v) is 6.99. The summed E-state index contributed by atoms with van der Waals surface area (Å²) in [6.07, 6.45) is 3.79. The van der Waals surface area contributed by atoms with Crippen molar-refractivity contribution in [2.75, 3.05) is 0 Å². The van der Waals surface area contributed by atoms with E-state index in [9.17, 15) is 0 Å². The lowest BCUT2D eigenvalue weighted by Crippen LogP contribution is -2.22. The predicted molar refractivity (Wildman–Crippen MR) is 41.4 cm³/mol. The molecule has 1 nitrogen and oxygen atoms in total. The summed E-state index contributed by atoms with van der Waals surface area (Å²) in [5.74, 6) is 4.61. The normalized spacial score (nSPS) is 9.11. The first-order valence-electron chi connectivity index (χ1n) is 3.20. The Morgan fingerprint density at radius 3 is 2.56 bits per heavy atom.